The molecule has 0 bridgehead atoms. The molecule has 0 heterocycles. The van der Waals surface area contributed by atoms with Gasteiger partial charge in [-0.05, 0) is 60.4 Å². The average molecular weight is 454 g/mol. The molecular weight excluding hydrogens is 426 g/mol. The third-order valence-corrected chi connectivity index (χ3v) is 6.64. The Morgan fingerprint density at radius 2 is 1.66 bits per heavy atom. The van der Waals surface area contributed by atoms with Crippen molar-refractivity contribution in [3.8, 4) is 5.75 Å². The Hall–Kier alpha value is -3.32. The fourth-order valence-electron chi connectivity index (χ4n) is 3.22. The third-order valence-electron chi connectivity index (χ3n) is 4.84. The van der Waals surface area contributed by atoms with E-state index >= 15 is 0 Å². The molecule has 0 fully saturated rings. The fraction of sp³-hybridized carbons (Fsp3) is 0.240. The standard InChI is InChI=1S/C25H27NO5S/c1-18(2)16-26(32(29,30)22-7-5-4-6-8-22)23-14-9-19(3)15-24(23)31-17-20-10-12-21(13-11-20)25(27)28/h4-15,18H,16-17H2,1-3H3,(H,27,28). The van der Waals surface area contributed by atoms with Crippen molar-refractivity contribution in [2.75, 3.05) is 10.8 Å². The molecule has 3 rings (SSSR count). The van der Waals surface area contributed by atoms with E-state index in [9.17, 15) is 13.2 Å². The number of nitrogens with zero attached hydrogens (tertiary/aromatic N) is 1. The number of hydrogen-bond acceptors (Lipinski definition) is 4. The van der Waals surface area contributed by atoms with Gasteiger partial charge in [0.25, 0.3) is 10.0 Å². The summed E-state index contributed by atoms with van der Waals surface area (Å²) >= 11 is 0. The molecule has 0 aliphatic carbocycles. The first-order valence-electron chi connectivity index (χ1n) is 10.3. The van der Waals surface area contributed by atoms with Gasteiger partial charge in [-0.1, -0.05) is 50.2 Å². The van der Waals surface area contributed by atoms with Crippen molar-refractivity contribution in [2.24, 2.45) is 5.92 Å². The molecule has 0 atom stereocenters. The van der Waals surface area contributed by atoms with Crippen LogP contribution in [-0.2, 0) is 16.6 Å². The maximum absolute atomic E-state index is 13.5. The van der Waals surface area contributed by atoms with Gasteiger partial charge in [-0.3, -0.25) is 4.31 Å². The third kappa shape index (κ3) is 5.48. The highest BCUT2D eigenvalue weighted by atomic mass is 32.2. The Balaban J connectivity index is 1.96. The van der Waals surface area contributed by atoms with Crippen LogP contribution in [0.4, 0.5) is 5.69 Å². The van der Waals surface area contributed by atoms with Crippen LogP contribution in [0.15, 0.2) is 77.7 Å². The van der Waals surface area contributed by atoms with E-state index in [0.29, 0.717) is 18.0 Å². The quantitative estimate of drug-likeness (QED) is 0.486. The van der Waals surface area contributed by atoms with Crippen molar-refractivity contribution in [3.05, 3.63) is 89.5 Å². The Bertz CT molecular complexity index is 1170. The Kier molecular flexibility index (Phi) is 7.20. The number of sulfonamides is 1. The second-order valence-corrected chi connectivity index (χ2v) is 9.87. The molecule has 0 unspecified atom stereocenters. The molecule has 7 heteroatoms. The fourth-order valence-corrected chi connectivity index (χ4v) is 4.88. The number of carbonyl (C=O) groups is 1. The number of aromatic carboxylic acids is 1. The van der Waals surface area contributed by atoms with Crippen molar-refractivity contribution < 1.29 is 23.1 Å². The summed E-state index contributed by atoms with van der Waals surface area (Å²) in [5.41, 5.74) is 2.38. The van der Waals surface area contributed by atoms with Crippen molar-refractivity contribution in [3.63, 3.8) is 0 Å². The highest BCUT2D eigenvalue weighted by Gasteiger charge is 2.28. The topological polar surface area (TPSA) is 83.9 Å². The SMILES string of the molecule is Cc1ccc(N(CC(C)C)S(=O)(=O)c2ccccc2)c(OCc2ccc(C(=O)O)cc2)c1. The summed E-state index contributed by atoms with van der Waals surface area (Å²) < 4.78 is 34.4. The summed E-state index contributed by atoms with van der Waals surface area (Å²) in [6.45, 7) is 6.32. The molecule has 0 amide bonds. The molecule has 0 aliphatic rings. The number of rotatable bonds is 9. The van der Waals surface area contributed by atoms with Gasteiger partial charge in [0.1, 0.15) is 12.4 Å². The zero-order chi connectivity index (χ0) is 23.3. The summed E-state index contributed by atoms with van der Waals surface area (Å²) in [5.74, 6) is -0.451. The lowest BCUT2D eigenvalue weighted by molar-refractivity contribution is 0.0697. The van der Waals surface area contributed by atoms with Gasteiger partial charge in [-0.25, -0.2) is 13.2 Å². The second-order valence-electron chi connectivity index (χ2n) is 8.00. The molecule has 0 saturated carbocycles. The Morgan fingerprint density at radius 3 is 2.25 bits per heavy atom. The van der Waals surface area contributed by atoms with Crippen LogP contribution < -0.4 is 9.04 Å². The van der Waals surface area contributed by atoms with Crippen molar-refractivity contribution >= 4 is 21.7 Å². The predicted molar refractivity (Wildman–Crippen MR) is 125 cm³/mol. The molecule has 32 heavy (non-hydrogen) atoms. The molecule has 3 aromatic carbocycles. The van der Waals surface area contributed by atoms with Crippen LogP contribution in [0, 0.1) is 12.8 Å². The molecule has 6 nitrogen and oxygen atoms in total. The minimum atomic E-state index is -3.79. The molecule has 0 aliphatic heterocycles. The maximum atomic E-state index is 13.5. The first-order valence-corrected chi connectivity index (χ1v) is 11.8. The van der Waals surface area contributed by atoms with E-state index in [1.165, 1.54) is 16.4 Å². The average Bonchev–Trinajstić information content (AvgIpc) is 2.77. The molecule has 0 radical (unpaired) electrons. The lowest BCUT2D eigenvalue weighted by Crippen LogP contribution is -2.34. The summed E-state index contributed by atoms with van der Waals surface area (Å²) in [6, 6.07) is 20.2. The summed E-state index contributed by atoms with van der Waals surface area (Å²) in [5, 5.41) is 9.06. The van der Waals surface area contributed by atoms with Gasteiger partial charge in [-0.15, -0.1) is 0 Å². The minimum absolute atomic E-state index is 0.0891. The molecule has 1 N–H and O–H groups in total. The monoisotopic (exact) mass is 453 g/mol. The van der Waals surface area contributed by atoms with Crippen molar-refractivity contribution in [2.45, 2.75) is 32.3 Å². The number of aryl methyl sites for hydroxylation is 1. The second kappa shape index (κ2) is 9.87. The normalized spacial score (nSPS) is 11.4. The van der Waals surface area contributed by atoms with E-state index in [-0.39, 0.29) is 23.0 Å². The number of carboxylic acids is 1. The summed E-state index contributed by atoms with van der Waals surface area (Å²) in [4.78, 5) is 11.3. The van der Waals surface area contributed by atoms with Gasteiger partial charge in [0, 0.05) is 6.54 Å². The Labute approximate surface area is 189 Å². The number of benzene rings is 3. The van der Waals surface area contributed by atoms with Gasteiger partial charge < -0.3 is 9.84 Å². The van der Waals surface area contributed by atoms with Crippen LogP contribution in [0.2, 0.25) is 0 Å². The van der Waals surface area contributed by atoms with Gasteiger partial charge >= 0.3 is 5.97 Å². The van der Waals surface area contributed by atoms with Crippen molar-refractivity contribution in [1.29, 1.82) is 0 Å². The molecule has 0 spiro atoms. The van der Waals surface area contributed by atoms with Crippen molar-refractivity contribution in [1.82, 2.24) is 0 Å². The molecular formula is C25H27NO5S. The lowest BCUT2D eigenvalue weighted by atomic mass is 10.1. The van der Waals surface area contributed by atoms with Gasteiger partial charge in [0.05, 0.1) is 16.1 Å². The smallest absolute Gasteiger partial charge is 0.335 e. The molecule has 0 aromatic heterocycles. The summed E-state index contributed by atoms with van der Waals surface area (Å²) in [6.07, 6.45) is 0. The first kappa shape index (κ1) is 23.3. The maximum Gasteiger partial charge on any atom is 0.335 e. The van der Waals surface area contributed by atoms with Crippen LogP contribution in [0.1, 0.15) is 35.3 Å². The summed E-state index contributed by atoms with van der Waals surface area (Å²) in [7, 11) is -3.79. The van der Waals surface area contributed by atoms with Gasteiger partial charge in [0.2, 0.25) is 0 Å². The van der Waals surface area contributed by atoms with E-state index < -0.39 is 16.0 Å². The highest BCUT2D eigenvalue weighted by Crippen LogP contribution is 2.34. The molecule has 0 saturated heterocycles. The van der Waals surface area contributed by atoms with Crippen LogP contribution in [-0.4, -0.2) is 26.0 Å². The number of hydrogen-bond donors (Lipinski definition) is 1. The number of ether oxygens (including phenoxy) is 1. The van der Waals surface area contributed by atoms with Crippen LogP contribution >= 0.6 is 0 Å². The first-order chi connectivity index (χ1) is 15.2. The van der Waals surface area contributed by atoms with Gasteiger partial charge in [-0.2, -0.15) is 0 Å². The zero-order valence-electron chi connectivity index (χ0n) is 18.4. The van der Waals surface area contributed by atoms with E-state index in [0.717, 1.165) is 11.1 Å². The van der Waals surface area contributed by atoms with Crippen LogP contribution in [0.25, 0.3) is 0 Å². The van der Waals surface area contributed by atoms with Crippen LogP contribution in [0.3, 0.4) is 0 Å². The Morgan fingerprint density at radius 1 is 1.00 bits per heavy atom. The van der Waals surface area contributed by atoms with Crippen LogP contribution in [0.5, 0.6) is 5.75 Å². The molecule has 168 valence electrons. The van der Waals surface area contributed by atoms with E-state index in [2.05, 4.69) is 0 Å². The number of anilines is 1. The lowest BCUT2D eigenvalue weighted by Gasteiger charge is -2.28. The van der Waals surface area contributed by atoms with E-state index in [4.69, 9.17) is 9.84 Å². The zero-order valence-corrected chi connectivity index (χ0v) is 19.2. The minimum Gasteiger partial charge on any atom is -0.487 e. The van der Waals surface area contributed by atoms with E-state index in [1.54, 1.807) is 48.5 Å². The van der Waals surface area contributed by atoms with E-state index in [1.807, 2.05) is 32.9 Å². The predicted octanol–water partition coefficient (Wildman–Crippen LogP) is 5.12. The highest BCUT2D eigenvalue weighted by molar-refractivity contribution is 7.92. The van der Waals surface area contributed by atoms with Gasteiger partial charge in [0.15, 0.2) is 0 Å². The number of carboxylic acid groups (broad SMARTS) is 1. The molecule has 3 aromatic rings. The largest absolute Gasteiger partial charge is 0.487 e.